The minimum atomic E-state index is 0.0175. The van der Waals surface area contributed by atoms with E-state index in [2.05, 4.69) is 25.6 Å². The van der Waals surface area contributed by atoms with Crippen molar-refractivity contribution in [3.05, 3.63) is 41.2 Å². The molecule has 7 heteroatoms. The smallest absolute Gasteiger partial charge is 0.317 e. The summed E-state index contributed by atoms with van der Waals surface area (Å²) in [5, 5.41) is 6.10. The Hall–Kier alpha value is -2.15. The number of carbonyl (C=O) groups is 1. The molecule has 0 radical (unpaired) electrons. The fourth-order valence-corrected chi connectivity index (χ4v) is 3.42. The lowest BCUT2D eigenvalue weighted by Crippen LogP contribution is -2.52. The van der Waals surface area contributed by atoms with Crippen LogP contribution in [0.15, 0.2) is 29.9 Å². The van der Waals surface area contributed by atoms with E-state index in [0.29, 0.717) is 6.54 Å². The lowest BCUT2D eigenvalue weighted by molar-refractivity contribution is 0.194. The van der Waals surface area contributed by atoms with Gasteiger partial charge < -0.3 is 15.1 Å². The Morgan fingerprint density at radius 3 is 2.83 bits per heavy atom. The molecular weight excluding hydrogens is 310 g/mol. The van der Waals surface area contributed by atoms with Crippen LogP contribution in [0.3, 0.4) is 0 Å². The first kappa shape index (κ1) is 15.7. The minimum Gasteiger partial charge on any atom is -0.345 e. The summed E-state index contributed by atoms with van der Waals surface area (Å²) in [5.41, 5.74) is 2.19. The van der Waals surface area contributed by atoms with E-state index in [1.165, 1.54) is 0 Å². The average molecular weight is 331 g/mol. The molecular formula is C16H21N5OS. The van der Waals surface area contributed by atoms with Crippen LogP contribution in [0.2, 0.25) is 0 Å². The van der Waals surface area contributed by atoms with Gasteiger partial charge in [0.15, 0.2) is 5.13 Å². The number of hydrogen-bond donors (Lipinski definition) is 1. The fraction of sp³-hybridized carbons (Fsp3) is 0.438. The van der Waals surface area contributed by atoms with Crippen LogP contribution in [0.25, 0.3) is 0 Å². The van der Waals surface area contributed by atoms with Gasteiger partial charge in [0, 0.05) is 50.5 Å². The molecule has 6 nitrogen and oxygen atoms in total. The zero-order valence-electron chi connectivity index (χ0n) is 13.2. The van der Waals surface area contributed by atoms with Crippen LogP contribution in [-0.2, 0) is 6.42 Å². The molecule has 2 amide bonds. The molecule has 23 heavy (non-hydrogen) atoms. The van der Waals surface area contributed by atoms with E-state index < -0.39 is 0 Å². The summed E-state index contributed by atoms with van der Waals surface area (Å²) in [6, 6.07) is 3.95. The number of carbonyl (C=O) groups excluding carboxylic acids is 1. The largest absolute Gasteiger partial charge is 0.345 e. The number of aryl methyl sites for hydroxylation is 1. The predicted molar refractivity (Wildman–Crippen MR) is 92.0 cm³/mol. The van der Waals surface area contributed by atoms with Crippen molar-refractivity contribution < 1.29 is 4.79 Å². The molecule has 1 aliphatic rings. The van der Waals surface area contributed by atoms with E-state index >= 15 is 0 Å². The summed E-state index contributed by atoms with van der Waals surface area (Å²) in [6.45, 7) is 5.78. The second kappa shape index (κ2) is 7.41. The van der Waals surface area contributed by atoms with E-state index in [1.54, 1.807) is 17.5 Å². The first-order valence-corrected chi connectivity index (χ1v) is 8.69. The molecule has 0 saturated carbocycles. The minimum absolute atomic E-state index is 0.0175. The van der Waals surface area contributed by atoms with Gasteiger partial charge in [-0.25, -0.2) is 9.78 Å². The summed E-state index contributed by atoms with van der Waals surface area (Å²) in [4.78, 5) is 24.9. The molecule has 0 aliphatic carbocycles. The van der Waals surface area contributed by atoms with Gasteiger partial charge in [-0.2, -0.15) is 0 Å². The van der Waals surface area contributed by atoms with Gasteiger partial charge in [0.25, 0.3) is 0 Å². The van der Waals surface area contributed by atoms with E-state index in [4.69, 9.17) is 0 Å². The number of anilines is 1. The molecule has 122 valence electrons. The second-order valence-electron chi connectivity index (χ2n) is 5.59. The normalized spacial score (nSPS) is 14.8. The number of aromatic nitrogens is 2. The van der Waals surface area contributed by atoms with Crippen molar-refractivity contribution in [1.29, 1.82) is 0 Å². The molecule has 1 N–H and O–H groups in total. The standard InChI is InChI=1S/C16H21N5OS/c1-13-12-23-16(19-13)21-9-7-20(8-10-21)15(22)18-6-4-14-3-2-5-17-11-14/h2-3,5,11-12H,4,6-10H2,1H3,(H,18,22). The van der Waals surface area contributed by atoms with Gasteiger partial charge in [0.1, 0.15) is 0 Å². The number of thiazole rings is 1. The van der Waals surface area contributed by atoms with Gasteiger partial charge in [-0.05, 0) is 25.0 Å². The van der Waals surface area contributed by atoms with Crippen LogP contribution >= 0.6 is 11.3 Å². The molecule has 0 spiro atoms. The summed E-state index contributed by atoms with van der Waals surface area (Å²) in [6.07, 6.45) is 4.39. The summed E-state index contributed by atoms with van der Waals surface area (Å²) in [5.74, 6) is 0. The summed E-state index contributed by atoms with van der Waals surface area (Å²) in [7, 11) is 0. The summed E-state index contributed by atoms with van der Waals surface area (Å²) >= 11 is 1.67. The number of rotatable bonds is 4. The zero-order valence-corrected chi connectivity index (χ0v) is 14.1. The van der Waals surface area contributed by atoms with Crippen molar-refractivity contribution >= 4 is 22.5 Å². The Labute approximate surface area is 140 Å². The molecule has 3 heterocycles. The van der Waals surface area contributed by atoms with Crippen molar-refractivity contribution in [3.63, 3.8) is 0 Å². The molecule has 2 aromatic heterocycles. The van der Waals surface area contributed by atoms with Crippen molar-refractivity contribution in [2.45, 2.75) is 13.3 Å². The monoisotopic (exact) mass is 331 g/mol. The molecule has 2 aromatic rings. The molecule has 0 atom stereocenters. The van der Waals surface area contributed by atoms with E-state index in [1.807, 2.05) is 30.2 Å². The summed E-state index contributed by atoms with van der Waals surface area (Å²) < 4.78 is 0. The number of nitrogens with zero attached hydrogens (tertiary/aromatic N) is 4. The van der Waals surface area contributed by atoms with Crippen molar-refractivity contribution in [3.8, 4) is 0 Å². The Bertz CT molecular complexity index is 637. The number of amides is 2. The van der Waals surface area contributed by atoms with Gasteiger partial charge >= 0.3 is 6.03 Å². The Morgan fingerprint density at radius 2 is 2.17 bits per heavy atom. The third-order valence-electron chi connectivity index (χ3n) is 3.86. The zero-order chi connectivity index (χ0) is 16.1. The molecule has 0 aromatic carbocycles. The molecule has 3 rings (SSSR count). The third kappa shape index (κ3) is 4.19. The first-order chi connectivity index (χ1) is 11.2. The predicted octanol–water partition coefficient (Wildman–Crippen LogP) is 1.92. The quantitative estimate of drug-likeness (QED) is 0.930. The number of hydrogen-bond acceptors (Lipinski definition) is 5. The van der Waals surface area contributed by atoms with Crippen molar-refractivity contribution in [1.82, 2.24) is 20.2 Å². The molecule has 0 bridgehead atoms. The highest BCUT2D eigenvalue weighted by Gasteiger charge is 2.22. The third-order valence-corrected chi connectivity index (χ3v) is 4.88. The van der Waals surface area contributed by atoms with E-state index in [0.717, 1.165) is 49.0 Å². The van der Waals surface area contributed by atoms with Crippen LogP contribution in [0.1, 0.15) is 11.3 Å². The maximum absolute atomic E-state index is 12.2. The van der Waals surface area contributed by atoms with Crippen LogP contribution in [-0.4, -0.2) is 53.6 Å². The van der Waals surface area contributed by atoms with Gasteiger partial charge in [-0.1, -0.05) is 6.07 Å². The number of nitrogens with one attached hydrogen (secondary N) is 1. The van der Waals surface area contributed by atoms with Crippen LogP contribution in [0.4, 0.5) is 9.93 Å². The van der Waals surface area contributed by atoms with Gasteiger partial charge in [-0.3, -0.25) is 4.98 Å². The Morgan fingerprint density at radius 1 is 1.35 bits per heavy atom. The molecule has 1 aliphatic heterocycles. The highest BCUT2D eigenvalue weighted by atomic mass is 32.1. The number of pyridine rings is 1. The molecule has 1 saturated heterocycles. The van der Waals surface area contributed by atoms with Crippen molar-refractivity contribution in [2.75, 3.05) is 37.6 Å². The average Bonchev–Trinajstić information content (AvgIpc) is 3.02. The fourth-order valence-electron chi connectivity index (χ4n) is 2.56. The highest BCUT2D eigenvalue weighted by molar-refractivity contribution is 7.13. The Kier molecular flexibility index (Phi) is 5.07. The van der Waals surface area contributed by atoms with Crippen LogP contribution < -0.4 is 10.2 Å². The lowest BCUT2D eigenvalue weighted by Gasteiger charge is -2.34. The molecule has 0 unspecified atom stereocenters. The number of piperazine rings is 1. The second-order valence-corrected chi connectivity index (χ2v) is 6.43. The van der Waals surface area contributed by atoms with E-state index in [-0.39, 0.29) is 6.03 Å². The Balaban J connectivity index is 1.41. The van der Waals surface area contributed by atoms with Crippen LogP contribution in [0.5, 0.6) is 0 Å². The van der Waals surface area contributed by atoms with Gasteiger partial charge in [0.2, 0.25) is 0 Å². The number of urea groups is 1. The van der Waals surface area contributed by atoms with Crippen LogP contribution in [0, 0.1) is 6.92 Å². The first-order valence-electron chi connectivity index (χ1n) is 7.81. The lowest BCUT2D eigenvalue weighted by atomic mass is 10.2. The maximum atomic E-state index is 12.2. The van der Waals surface area contributed by atoms with E-state index in [9.17, 15) is 4.79 Å². The van der Waals surface area contributed by atoms with Gasteiger partial charge in [-0.15, -0.1) is 11.3 Å². The van der Waals surface area contributed by atoms with Gasteiger partial charge in [0.05, 0.1) is 5.69 Å². The molecule has 1 fully saturated rings. The maximum Gasteiger partial charge on any atom is 0.317 e. The SMILES string of the molecule is Cc1csc(N2CCN(C(=O)NCCc3cccnc3)CC2)n1. The highest BCUT2D eigenvalue weighted by Crippen LogP contribution is 2.21. The van der Waals surface area contributed by atoms with Crippen molar-refractivity contribution in [2.24, 2.45) is 0 Å². The topological polar surface area (TPSA) is 61.4 Å².